The number of rotatable bonds is 4. The molecule has 2 rings (SSSR count). The third-order valence-electron chi connectivity index (χ3n) is 2.21. The van der Waals surface area contributed by atoms with Crippen molar-refractivity contribution >= 4 is 0 Å². The molecule has 0 aliphatic rings. The molecule has 15 heavy (non-hydrogen) atoms. The Morgan fingerprint density at radius 2 is 2.33 bits per heavy atom. The molecule has 5 heteroatoms. The average molecular weight is 205 g/mol. The Labute approximate surface area is 88.5 Å². The zero-order chi connectivity index (χ0) is 10.7. The molecule has 0 amide bonds. The average Bonchev–Trinajstić information content (AvgIpc) is 2.78. The fraction of sp³-hybridized carbons (Fsp3) is 0.400. The van der Waals surface area contributed by atoms with Crippen molar-refractivity contribution < 1.29 is 0 Å². The van der Waals surface area contributed by atoms with Gasteiger partial charge in [0, 0.05) is 19.4 Å². The zero-order valence-corrected chi connectivity index (χ0v) is 8.80. The van der Waals surface area contributed by atoms with Crippen LogP contribution < -0.4 is 5.73 Å². The summed E-state index contributed by atoms with van der Waals surface area (Å²) >= 11 is 0. The molecular weight excluding hydrogens is 190 g/mol. The van der Waals surface area contributed by atoms with E-state index in [2.05, 4.69) is 10.2 Å². The lowest BCUT2D eigenvalue weighted by Gasteiger charge is -1.96. The second kappa shape index (κ2) is 4.27. The molecule has 0 bridgehead atoms. The summed E-state index contributed by atoms with van der Waals surface area (Å²) in [5.41, 5.74) is 7.66. The van der Waals surface area contributed by atoms with Crippen LogP contribution in [0.1, 0.15) is 11.3 Å². The van der Waals surface area contributed by atoms with E-state index >= 15 is 0 Å². The number of aromatic nitrogens is 4. The fourth-order valence-corrected chi connectivity index (χ4v) is 1.50. The van der Waals surface area contributed by atoms with Crippen molar-refractivity contribution in [3.05, 3.63) is 35.9 Å². The second-order valence-corrected chi connectivity index (χ2v) is 3.57. The minimum Gasteiger partial charge on any atom is -0.330 e. The molecule has 0 saturated heterocycles. The van der Waals surface area contributed by atoms with Crippen LogP contribution in [0.2, 0.25) is 0 Å². The van der Waals surface area contributed by atoms with Crippen molar-refractivity contribution in [3.63, 3.8) is 0 Å². The molecule has 2 aromatic heterocycles. The number of aryl methyl sites for hydroxylation is 1. The molecule has 0 fully saturated rings. The summed E-state index contributed by atoms with van der Waals surface area (Å²) in [5, 5.41) is 8.54. The topological polar surface area (TPSA) is 61.7 Å². The van der Waals surface area contributed by atoms with Crippen molar-refractivity contribution in [1.29, 1.82) is 0 Å². The summed E-state index contributed by atoms with van der Waals surface area (Å²) in [5.74, 6) is 0. The highest BCUT2D eigenvalue weighted by Crippen LogP contribution is 2.02. The molecule has 2 heterocycles. The Balaban J connectivity index is 2.04. The number of hydrogen-bond acceptors (Lipinski definition) is 3. The summed E-state index contributed by atoms with van der Waals surface area (Å²) in [7, 11) is 1.91. The smallest absolute Gasteiger partial charge is 0.0849 e. The molecule has 2 N–H and O–H groups in total. The summed E-state index contributed by atoms with van der Waals surface area (Å²) in [6, 6.07) is 1.99. The van der Waals surface area contributed by atoms with E-state index in [1.54, 1.807) is 4.68 Å². The van der Waals surface area contributed by atoms with Gasteiger partial charge in [-0.05, 0) is 24.6 Å². The molecule has 80 valence electrons. The second-order valence-electron chi connectivity index (χ2n) is 3.57. The first kappa shape index (κ1) is 9.92. The van der Waals surface area contributed by atoms with E-state index in [0.717, 1.165) is 12.1 Å². The van der Waals surface area contributed by atoms with Crippen LogP contribution in [0.25, 0.3) is 0 Å². The third-order valence-corrected chi connectivity index (χ3v) is 2.21. The normalized spacial score (nSPS) is 10.8. The van der Waals surface area contributed by atoms with Gasteiger partial charge in [0.1, 0.15) is 0 Å². The summed E-state index contributed by atoms with van der Waals surface area (Å²) in [6.45, 7) is 1.38. The molecule has 5 nitrogen and oxygen atoms in total. The van der Waals surface area contributed by atoms with Crippen molar-refractivity contribution in [2.24, 2.45) is 12.8 Å². The Morgan fingerprint density at radius 3 is 3.00 bits per heavy atom. The van der Waals surface area contributed by atoms with E-state index in [9.17, 15) is 0 Å². The molecule has 0 saturated carbocycles. The van der Waals surface area contributed by atoms with Gasteiger partial charge in [0.05, 0.1) is 18.4 Å². The molecule has 2 aromatic rings. The number of hydrogen-bond donors (Lipinski definition) is 1. The van der Waals surface area contributed by atoms with Gasteiger partial charge in [-0.3, -0.25) is 9.36 Å². The summed E-state index contributed by atoms with van der Waals surface area (Å²) < 4.78 is 3.67. The van der Waals surface area contributed by atoms with Crippen LogP contribution in [0.4, 0.5) is 0 Å². The first-order chi connectivity index (χ1) is 7.28. The molecule has 0 spiro atoms. The first-order valence-corrected chi connectivity index (χ1v) is 4.98. The van der Waals surface area contributed by atoms with Gasteiger partial charge in [0.2, 0.25) is 0 Å². The van der Waals surface area contributed by atoms with E-state index in [4.69, 9.17) is 5.73 Å². The minimum atomic E-state index is 0.662. The molecule has 0 aromatic carbocycles. The maximum absolute atomic E-state index is 5.47. The van der Waals surface area contributed by atoms with Gasteiger partial charge in [0.25, 0.3) is 0 Å². The summed E-state index contributed by atoms with van der Waals surface area (Å²) in [6.07, 6.45) is 6.68. The Hall–Kier alpha value is -1.62. The molecule has 0 aliphatic carbocycles. The van der Waals surface area contributed by atoms with Gasteiger partial charge in [-0.2, -0.15) is 10.2 Å². The van der Waals surface area contributed by atoms with E-state index in [1.165, 1.54) is 5.56 Å². The van der Waals surface area contributed by atoms with Crippen LogP contribution in [-0.4, -0.2) is 26.1 Å². The molecular formula is C10H15N5. The third kappa shape index (κ3) is 2.44. The van der Waals surface area contributed by atoms with Crippen LogP contribution in [0.5, 0.6) is 0 Å². The Morgan fingerprint density at radius 1 is 1.47 bits per heavy atom. The maximum atomic E-state index is 5.47. The van der Waals surface area contributed by atoms with Gasteiger partial charge in [0.15, 0.2) is 0 Å². The highest BCUT2D eigenvalue weighted by atomic mass is 15.3. The zero-order valence-electron chi connectivity index (χ0n) is 8.80. The highest BCUT2D eigenvalue weighted by Gasteiger charge is 2.01. The highest BCUT2D eigenvalue weighted by molar-refractivity contribution is 5.06. The van der Waals surface area contributed by atoms with Crippen molar-refractivity contribution in [2.45, 2.75) is 13.0 Å². The molecule has 0 unspecified atom stereocenters. The monoisotopic (exact) mass is 205 g/mol. The molecule has 0 radical (unpaired) electrons. The van der Waals surface area contributed by atoms with Gasteiger partial charge >= 0.3 is 0 Å². The minimum absolute atomic E-state index is 0.662. The standard InChI is InChI=1S/C10H15N5/c1-14-5-3-10(13-14)8-15-7-9(2-4-11)6-12-15/h3,5-7H,2,4,8,11H2,1H3. The van der Waals surface area contributed by atoms with Gasteiger partial charge in [-0.1, -0.05) is 0 Å². The van der Waals surface area contributed by atoms with Gasteiger partial charge in [-0.25, -0.2) is 0 Å². The van der Waals surface area contributed by atoms with Crippen molar-refractivity contribution in [2.75, 3.05) is 6.54 Å². The van der Waals surface area contributed by atoms with E-state index < -0.39 is 0 Å². The lowest BCUT2D eigenvalue weighted by atomic mass is 10.3. The number of nitrogens with two attached hydrogens (primary N) is 1. The van der Waals surface area contributed by atoms with E-state index in [1.807, 2.05) is 36.4 Å². The van der Waals surface area contributed by atoms with Crippen LogP contribution in [0.3, 0.4) is 0 Å². The lowest BCUT2D eigenvalue weighted by Crippen LogP contribution is -2.03. The van der Waals surface area contributed by atoms with Gasteiger partial charge in [-0.15, -0.1) is 0 Å². The SMILES string of the molecule is Cn1ccc(Cn2cc(CCN)cn2)n1. The quantitative estimate of drug-likeness (QED) is 0.773. The van der Waals surface area contributed by atoms with Crippen LogP contribution in [-0.2, 0) is 20.0 Å². The van der Waals surface area contributed by atoms with Crippen LogP contribution in [0, 0.1) is 0 Å². The predicted octanol–water partition coefficient (Wildman–Crippen LogP) is 0.166. The van der Waals surface area contributed by atoms with E-state index in [-0.39, 0.29) is 0 Å². The molecule has 0 atom stereocenters. The Kier molecular flexibility index (Phi) is 2.82. The lowest BCUT2D eigenvalue weighted by molar-refractivity contribution is 0.649. The molecule has 0 aliphatic heterocycles. The Bertz CT molecular complexity index is 428. The maximum Gasteiger partial charge on any atom is 0.0849 e. The van der Waals surface area contributed by atoms with Gasteiger partial charge < -0.3 is 5.73 Å². The van der Waals surface area contributed by atoms with Crippen molar-refractivity contribution in [3.8, 4) is 0 Å². The van der Waals surface area contributed by atoms with E-state index in [0.29, 0.717) is 13.1 Å². The number of nitrogens with zero attached hydrogens (tertiary/aromatic N) is 4. The predicted molar refractivity (Wildman–Crippen MR) is 57.3 cm³/mol. The largest absolute Gasteiger partial charge is 0.330 e. The van der Waals surface area contributed by atoms with Crippen molar-refractivity contribution in [1.82, 2.24) is 19.6 Å². The summed E-state index contributed by atoms with van der Waals surface area (Å²) in [4.78, 5) is 0. The van der Waals surface area contributed by atoms with Crippen LogP contribution in [0.15, 0.2) is 24.7 Å². The van der Waals surface area contributed by atoms with Crippen LogP contribution >= 0.6 is 0 Å². The fourth-order valence-electron chi connectivity index (χ4n) is 1.50. The first-order valence-electron chi connectivity index (χ1n) is 4.98.